The molecule has 0 amide bonds. The molecule has 0 radical (unpaired) electrons. The molecule has 1 aromatic carbocycles. The summed E-state index contributed by atoms with van der Waals surface area (Å²) in [6.45, 7) is 2.14. The summed E-state index contributed by atoms with van der Waals surface area (Å²) in [4.78, 5) is 1.19. The van der Waals surface area contributed by atoms with Gasteiger partial charge >= 0.3 is 0 Å². The number of hydrogen-bond donors (Lipinski definition) is 1. The van der Waals surface area contributed by atoms with E-state index < -0.39 is 0 Å². The first-order chi connectivity index (χ1) is 9.21. The van der Waals surface area contributed by atoms with E-state index in [1.165, 1.54) is 10.4 Å². The Hall–Kier alpha value is -1.52. The molecule has 0 saturated heterocycles. The number of rotatable bonds is 5. The van der Waals surface area contributed by atoms with E-state index in [4.69, 9.17) is 15.2 Å². The van der Waals surface area contributed by atoms with Crippen molar-refractivity contribution in [2.45, 2.75) is 19.4 Å². The Bertz CT molecular complexity index is 551. The lowest BCUT2D eigenvalue weighted by Gasteiger charge is -2.17. The number of benzene rings is 1. The number of hydrogen-bond acceptors (Lipinski definition) is 4. The van der Waals surface area contributed by atoms with Crippen LogP contribution < -0.4 is 15.2 Å². The summed E-state index contributed by atoms with van der Waals surface area (Å²) in [5, 5.41) is 2.08. The topological polar surface area (TPSA) is 44.5 Å². The molecule has 0 aliphatic rings. The predicted molar refractivity (Wildman–Crippen MR) is 79.3 cm³/mol. The summed E-state index contributed by atoms with van der Waals surface area (Å²) >= 11 is 1.69. The average molecular weight is 277 g/mol. The minimum absolute atomic E-state index is 0.181. The number of aryl methyl sites for hydroxylation is 1. The second kappa shape index (κ2) is 6.08. The Balaban J connectivity index is 2.45. The number of thiophene rings is 1. The molecule has 1 heterocycles. The van der Waals surface area contributed by atoms with Gasteiger partial charge in [-0.25, -0.2) is 0 Å². The lowest BCUT2D eigenvalue weighted by Crippen LogP contribution is -2.13. The van der Waals surface area contributed by atoms with Gasteiger partial charge < -0.3 is 15.2 Å². The van der Waals surface area contributed by atoms with Crippen LogP contribution >= 0.6 is 11.3 Å². The van der Waals surface area contributed by atoms with E-state index in [9.17, 15) is 0 Å². The summed E-state index contributed by atoms with van der Waals surface area (Å²) < 4.78 is 10.7. The van der Waals surface area contributed by atoms with Gasteiger partial charge in [-0.1, -0.05) is 6.92 Å². The van der Waals surface area contributed by atoms with Gasteiger partial charge in [0.25, 0.3) is 0 Å². The van der Waals surface area contributed by atoms with E-state index in [2.05, 4.69) is 18.4 Å². The third-order valence-corrected chi connectivity index (χ3v) is 4.26. The molecule has 4 heteroatoms. The maximum atomic E-state index is 6.41. The molecule has 2 rings (SSSR count). The van der Waals surface area contributed by atoms with Gasteiger partial charge in [0.15, 0.2) is 0 Å². The first kappa shape index (κ1) is 13.9. The summed E-state index contributed by atoms with van der Waals surface area (Å²) in [5.41, 5.74) is 8.66. The summed E-state index contributed by atoms with van der Waals surface area (Å²) in [6, 6.07) is 7.67. The van der Waals surface area contributed by atoms with E-state index in [-0.39, 0.29) is 6.04 Å². The fourth-order valence-corrected chi connectivity index (χ4v) is 3.15. The minimum Gasteiger partial charge on any atom is -0.497 e. The second-order valence-corrected chi connectivity index (χ2v) is 5.20. The third-order valence-electron chi connectivity index (χ3n) is 3.22. The molecule has 0 spiro atoms. The Morgan fingerprint density at radius 3 is 2.63 bits per heavy atom. The van der Waals surface area contributed by atoms with Gasteiger partial charge in [0.1, 0.15) is 11.5 Å². The monoisotopic (exact) mass is 277 g/mol. The molecule has 0 aliphatic heterocycles. The molecule has 1 unspecified atom stereocenters. The molecule has 2 aromatic rings. The highest BCUT2D eigenvalue weighted by atomic mass is 32.1. The lowest BCUT2D eigenvalue weighted by molar-refractivity contribution is 0.397. The number of nitrogens with two attached hydrogens (primary N) is 1. The van der Waals surface area contributed by atoms with Crippen LogP contribution in [0.15, 0.2) is 29.6 Å². The van der Waals surface area contributed by atoms with E-state index in [1.54, 1.807) is 25.6 Å². The highest BCUT2D eigenvalue weighted by Crippen LogP contribution is 2.35. The van der Waals surface area contributed by atoms with Gasteiger partial charge in [-0.05, 0) is 41.6 Å². The van der Waals surface area contributed by atoms with Crippen LogP contribution in [-0.4, -0.2) is 14.2 Å². The molecular formula is C15H19NO2S. The molecule has 3 nitrogen and oxygen atoms in total. The molecule has 0 saturated carbocycles. The van der Waals surface area contributed by atoms with Crippen LogP contribution in [0, 0.1) is 0 Å². The highest BCUT2D eigenvalue weighted by molar-refractivity contribution is 7.10. The molecular weight excluding hydrogens is 258 g/mol. The van der Waals surface area contributed by atoms with Gasteiger partial charge in [-0.3, -0.25) is 0 Å². The molecule has 2 N–H and O–H groups in total. The zero-order valence-corrected chi connectivity index (χ0v) is 12.3. The van der Waals surface area contributed by atoms with Gasteiger partial charge in [0.2, 0.25) is 0 Å². The fourth-order valence-electron chi connectivity index (χ4n) is 2.14. The van der Waals surface area contributed by atoms with Crippen LogP contribution in [0.2, 0.25) is 0 Å². The van der Waals surface area contributed by atoms with E-state index in [0.29, 0.717) is 0 Å². The predicted octanol–water partition coefficient (Wildman–Crippen LogP) is 3.38. The van der Waals surface area contributed by atoms with Crippen molar-refractivity contribution in [2.24, 2.45) is 5.73 Å². The Labute approximate surface area is 118 Å². The maximum Gasteiger partial charge on any atom is 0.124 e. The van der Waals surface area contributed by atoms with Crippen molar-refractivity contribution in [1.29, 1.82) is 0 Å². The summed E-state index contributed by atoms with van der Waals surface area (Å²) in [6.07, 6.45) is 0.985. The number of methoxy groups -OCH3 is 2. The zero-order chi connectivity index (χ0) is 13.8. The molecule has 19 heavy (non-hydrogen) atoms. The minimum atomic E-state index is -0.181. The van der Waals surface area contributed by atoms with Crippen LogP contribution in [0.25, 0.3) is 0 Å². The van der Waals surface area contributed by atoms with Crippen LogP contribution in [0.5, 0.6) is 11.5 Å². The first-order valence-electron chi connectivity index (χ1n) is 6.25. The van der Waals surface area contributed by atoms with Gasteiger partial charge in [0.05, 0.1) is 20.3 Å². The number of ether oxygens (including phenoxy) is 2. The molecule has 0 aliphatic carbocycles. The Morgan fingerprint density at radius 1 is 1.21 bits per heavy atom. The van der Waals surface area contributed by atoms with Crippen molar-refractivity contribution in [3.63, 3.8) is 0 Å². The first-order valence-corrected chi connectivity index (χ1v) is 7.13. The third kappa shape index (κ3) is 2.74. The van der Waals surface area contributed by atoms with E-state index >= 15 is 0 Å². The van der Waals surface area contributed by atoms with E-state index in [1.807, 2.05) is 18.2 Å². The fraction of sp³-hybridized carbons (Fsp3) is 0.333. The standard InChI is InChI=1S/C15H19NO2S/c1-4-10-7-8-19-15(10)14(16)12-9-11(17-2)5-6-13(12)18-3/h5-9,14H,4,16H2,1-3H3. The molecule has 0 fully saturated rings. The SMILES string of the molecule is CCc1ccsc1C(N)c1cc(OC)ccc1OC. The van der Waals surface area contributed by atoms with Crippen molar-refractivity contribution in [3.05, 3.63) is 45.6 Å². The van der Waals surface area contributed by atoms with Crippen LogP contribution in [0.4, 0.5) is 0 Å². The molecule has 1 atom stereocenters. The van der Waals surface area contributed by atoms with Crippen molar-refractivity contribution in [3.8, 4) is 11.5 Å². The van der Waals surface area contributed by atoms with Gasteiger partial charge in [-0.2, -0.15) is 0 Å². The van der Waals surface area contributed by atoms with Crippen molar-refractivity contribution < 1.29 is 9.47 Å². The van der Waals surface area contributed by atoms with Crippen LogP contribution in [0.3, 0.4) is 0 Å². The normalized spacial score (nSPS) is 12.2. The van der Waals surface area contributed by atoms with Crippen molar-refractivity contribution >= 4 is 11.3 Å². The van der Waals surface area contributed by atoms with Crippen molar-refractivity contribution in [1.82, 2.24) is 0 Å². The maximum absolute atomic E-state index is 6.41. The van der Waals surface area contributed by atoms with Gasteiger partial charge in [0, 0.05) is 10.4 Å². The highest BCUT2D eigenvalue weighted by Gasteiger charge is 2.18. The smallest absolute Gasteiger partial charge is 0.124 e. The summed E-state index contributed by atoms with van der Waals surface area (Å²) in [7, 11) is 3.31. The van der Waals surface area contributed by atoms with E-state index in [0.717, 1.165) is 23.5 Å². The molecule has 102 valence electrons. The Morgan fingerprint density at radius 2 is 2.00 bits per heavy atom. The molecule has 0 bridgehead atoms. The van der Waals surface area contributed by atoms with Crippen LogP contribution in [0.1, 0.15) is 29.0 Å². The largest absolute Gasteiger partial charge is 0.497 e. The Kier molecular flexibility index (Phi) is 4.45. The summed E-state index contributed by atoms with van der Waals surface area (Å²) in [5.74, 6) is 1.59. The second-order valence-electron chi connectivity index (χ2n) is 4.25. The molecule has 1 aromatic heterocycles. The zero-order valence-electron chi connectivity index (χ0n) is 11.5. The van der Waals surface area contributed by atoms with Crippen molar-refractivity contribution in [2.75, 3.05) is 14.2 Å². The average Bonchev–Trinajstić information content (AvgIpc) is 2.94. The quantitative estimate of drug-likeness (QED) is 0.911. The lowest BCUT2D eigenvalue weighted by atomic mass is 10.0. The van der Waals surface area contributed by atoms with Gasteiger partial charge in [-0.15, -0.1) is 11.3 Å². The van der Waals surface area contributed by atoms with Crippen LogP contribution in [-0.2, 0) is 6.42 Å².